The van der Waals surface area contributed by atoms with Crippen molar-refractivity contribution in [3.63, 3.8) is 0 Å². The van der Waals surface area contributed by atoms with E-state index in [1.54, 1.807) is 10.7 Å². The zero-order valence-corrected chi connectivity index (χ0v) is 15.0. The van der Waals surface area contributed by atoms with E-state index in [1.807, 2.05) is 43.1 Å². The van der Waals surface area contributed by atoms with E-state index in [1.165, 1.54) is 0 Å². The number of imidazole rings is 1. The van der Waals surface area contributed by atoms with Crippen LogP contribution in [0.15, 0.2) is 35.1 Å². The monoisotopic (exact) mass is 357 g/mol. The first-order valence-electron chi connectivity index (χ1n) is 8.78. The second-order valence-electron chi connectivity index (χ2n) is 6.56. The molecule has 0 spiro atoms. The molecule has 0 radical (unpaired) electrons. The SMILES string of the molecule is Cc1ccc([C@@H](CNC(=O)c2cnn3ccn(C)c23)N2CCOCC2)o1. The van der Waals surface area contributed by atoms with Crippen molar-refractivity contribution in [3.05, 3.63) is 47.8 Å². The topological polar surface area (TPSA) is 76.9 Å². The summed E-state index contributed by atoms with van der Waals surface area (Å²) < 4.78 is 14.9. The van der Waals surface area contributed by atoms with Gasteiger partial charge in [-0.1, -0.05) is 0 Å². The van der Waals surface area contributed by atoms with Crippen molar-refractivity contribution in [2.24, 2.45) is 7.05 Å². The molecule has 0 saturated carbocycles. The average Bonchev–Trinajstić information content (AvgIpc) is 3.35. The summed E-state index contributed by atoms with van der Waals surface area (Å²) in [6, 6.07) is 3.92. The van der Waals surface area contributed by atoms with Gasteiger partial charge in [0.1, 0.15) is 22.7 Å². The number of hydrogen-bond donors (Lipinski definition) is 1. The first-order valence-corrected chi connectivity index (χ1v) is 8.78. The Morgan fingerprint density at radius 1 is 1.31 bits per heavy atom. The van der Waals surface area contributed by atoms with E-state index in [-0.39, 0.29) is 11.9 Å². The summed E-state index contributed by atoms with van der Waals surface area (Å²) in [5.41, 5.74) is 1.34. The summed E-state index contributed by atoms with van der Waals surface area (Å²) in [5.74, 6) is 1.60. The van der Waals surface area contributed by atoms with E-state index in [0.717, 1.165) is 30.3 Å². The molecule has 0 aromatic carbocycles. The minimum atomic E-state index is -0.136. The molecule has 3 aromatic rings. The highest BCUT2D eigenvalue weighted by Gasteiger charge is 2.26. The Bertz CT molecular complexity index is 903. The molecule has 0 unspecified atom stereocenters. The van der Waals surface area contributed by atoms with Crippen molar-refractivity contribution in [3.8, 4) is 0 Å². The van der Waals surface area contributed by atoms with Crippen molar-refractivity contribution in [1.29, 1.82) is 0 Å². The first-order chi connectivity index (χ1) is 12.6. The van der Waals surface area contributed by atoms with Gasteiger partial charge in [0.2, 0.25) is 0 Å². The molecule has 4 rings (SSSR count). The van der Waals surface area contributed by atoms with Crippen molar-refractivity contribution in [1.82, 2.24) is 24.4 Å². The van der Waals surface area contributed by atoms with Crippen molar-refractivity contribution in [2.75, 3.05) is 32.8 Å². The smallest absolute Gasteiger partial charge is 0.256 e. The number of fused-ring (bicyclic) bond motifs is 1. The van der Waals surface area contributed by atoms with E-state index in [4.69, 9.17) is 9.15 Å². The summed E-state index contributed by atoms with van der Waals surface area (Å²) in [6.07, 6.45) is 5.31. The molecule has 1 atom stereocenters. The van der Waals surface area contributed by atoms with Crippen LogP contribution in [0.1, 0.15) is 27.9 Å². The van der Waals surface area contributed by atoms with Gasteiger partial charge in [0.25, 0.3) is 5.91 Å². The van der Waals surface area contributed by atoms with Crippen LogP contribution in [0.3, 0.4) is 0 Å². The first kappa shape index (κ1) is 16.9. The summed E-state index contributed by atoms with van der Waals surface area (Å²) in [6.45, 7) is 5.41. The predicted molar refractivity (Wildman–Crippen MR) is 95.1 cm³/mol. The molecular weight excluding hydrogens is 334 g/mol. The van der Waals surface area contributed by atoms with Gasteiger partial charge in [0.05, 0.1) is 25.5 Å². The van der Waals surface area contributed by atoms with E-state index < -0.39 is 0 Å². The largest absolute Gasteiger partial charge is 0.465 e. The number of nitrogens with one attached hydrogen (secondary N) is 1. The molecule has 1 aliphatic heterocycles. The van der Waals surface area contributed by atoms with Crippen LogP contribution < -0.4 is 5.32 Å². The van der Waals surface area contributed by atoms with E-state index >= 15 is 0 Å². The molecule has 3 aromatic heterocycles. The van der Waals surface area contributed by atoms with Crippen LogP contribution in [-0.4, -0.2) is 57.8 Å². The molecule has 1 amide bonds. The number of hydrogen-bond acceptors (Lipinski definition) is 5. The third-order valence-electron chi connectivity index (χ3n) is 4.81. The summed E-state index contributed by atoms with van der Waals surface area (Å²) in [7, 11) is 1.90. The van der Waals surface area contributed by atoms with Gasteiger partial charge in [0, 0.05) is 39.1 Å². The number of furan rings is 1. The second kappa shape index (κ2) is 6.97. The van der Waals surface area contributed by atoms with Crippen LogP contribution in [0.4, 0.5) is 0 Å². The number of amides is 1. The molecular formula is C18H23N5O3. The summed E-state index contributed by atoms with van der Waals surface area (Å²) >= 11 is 0. The Balaban J connectivity index is 1.52. The molecule has 1 fully saturated rings. The normalized spacial score (nSPS) is 16.8. The highest BCUT2D eigenvalue weighted by Crippen LogP contribution is 2.23. The Morgan fingerprint density at radius 2 is 2.12 bits per heavy atom. The number of carbonyl (C=O) groups excluding carboxylic acids is 1. The molecule has 4 heterocycles. The number of aromatic nitrogens is 3. The molecule has 0 aliphatic carbocycles. The second-order valence-corrected chi connectivity index (χ2v) is 6.56. The zero-order chi connectivity index (χ0) is 18.1. The summed E-state index contributed by atoms with van der Waals surface area (Å²) in [4.78, 5) is 15.0. The van der Waals surface area contributed by atoms with Gasteiger partial charge in [-0.05, 0) is 19.1 Å². The van der Waals surface area contributed by atoms with E-state index in [9.17, 15) is 4.79 Å². The zero-order valence-electron chi connectivity index (χ0n) is 15.0. The third kappa shape index (κ3) is 3.13. The van der Waals surface area contributed by atoms with Crippen molar-refractivity contribution < 1.29 is 13.9 Å². The minimum absolute atomic E-state index is 0.0176. The van der Waals surface area contributed by atoms with Crippen LogP contribution in [0, 0.1) is 6.92 Å². The average molecular weight is 357 g/mol. The van der Waals surface area contributed by atoms with Gasteiger partial charge in [-0.3, -0.25) is 9.69 Å². The Morgan fingerprint density at radius 3 is 2.85 bits per heavy atom. The lowest BCUT2D eigenvalue weighted by Crippen LogP contribution is -2.43. The van der Waals surface area contributed by atoms with Gasteiger partial charge in [-0.2, -0.15) is 5.10 Å². The van der Waals surface area contributed by atoms with Gasteiger partial charge in [-0.25, -0.2) is 4.52 Å². The molecule has 138 valence electrons. The third-order valence-corrected chi connectivity index (χ3v) is 4.81. The van der Waals surface area contributed by atoms with Gasteiger partial charge in [-0.15, -0.1) is 0 Å². The Labute approximate surface area is 151 Å². The molecule has 1 N–H and O–H groups in total. The van der Waals surface area contributed by atoms with Gasteiger partial charge in [0.15, 0.2) is 0 Å². The highest BCUT2D eigenvalue weighted by atomic mass is 16.5. The van der Waals surface area contributed by atoms with E-state index in [0.29, 0.717) is 25.3 Å². The molecule has 0 bridgehead atoms. The molecule has 1 saturated heterocycles. The lowest BCUT2D eigenvalue weighted by atomic mass is 10.1. The lowest BCUT2D eigenvalue weighted by molar-refractivity contribution is 0.0117. The van der Waals surface area contributed by atoms with Crippen molar-refractivity contribution >= 4 is 11.6 Å². The fourth-order valence-corrected chi connectivity index (χ4v) is 3.43. The number of nitrogens with zero attached hydrogens (tertiary/aromatic N) is 4. The molecule has 1 aliphatic rings. The Hall–Kier alpha value is -2.58. The maximum atomic E-state index is 12.7. The lowest BCUT2D eigenvalue weighted by Gasteiger charge is -2.33. The number of ether oxygens (including phenoxy) is 1. The maximum absolute atomic E-state index is 12.7. The fraction of sp³-hybridized carbons (Fsp3) is 0.444. The number of rotatable bonds is 5. The van der Waals surface area contributed by atoms with Crippen LogP contribution in [0.5, 0.6) is 0 Å². The molecule has 26 heavy (non-hydrogen) atoms. The van der Waals surface area contributed by atoms with Crippen LogP contribution in [0.2, 0.25) is 0 Å². The number of carbonyl (C=O) groups is 1. The van der Waals surface area contributed by atoms with Gasteiger partial charge >= 0.3 is 0 Å². The van der Waals surface area contributed by atoms with Crippen molar-refractivity contribution in [2.45, 2.75) is 13.0 Å². The van der Waals surface area contributed by atoms with Crippen LogP contribution in [-0.2, 0) is 11.8 Å². The van der Waals surface area contributed by atoms with Crippen LogP contribution >= 0.6 is 0 Å². The highest BCUT2D eigenvalue weighted by molar-refractivity contribution is 5.99. The van der Waals surface area contributed by atoms with E-state index in [2.05, 4.69) is 15.3 Å². The summed E-state index contributed by atoms with van der Waals surface area (Å²) in [5, 5.41) is 7.28. The van der Waals surface area contributed by atoms with Gasteiger partial charge < -0.3 is 19.0 Å². The number of aryl methyl sites for hydroxylation is 2. The number of morpholine rings is 1. The fourth-order valence-electron chi connectivity index (χ4n) is 3.43. The molecule has 8 heteroatoms. The predicted octanol–water partition coefficient (Wildman–Crippen LogP) is 1.38. The van der Waals surface area contributed by atoms with Crippen LogP contribution in [0.25, 0.3) is 5.65 Å². The Kier molecular flexibility index (Phi) is 4.52. The standard InChI is InChI=1S/C18H23N5O3/c1-13-3-4-16(26-13)15(22-7-9-25-10-8-22)12-19-17(24)14-11-20-23-6-5-21(2)18(14)23/h3-6,11,15H,7-10,12H2,1-2H3,(H,19,24)/t15-/m1/s1. The quantitative estimate of drug-likeness (QED) is 0.746. The minimum Gasteiger partial charge on any atom is -0.465 e. The maximum Gasteiger partial charge on any atom is 0.256 e. The molecule has 8 nitrogen and oxygen atoms in total.